The van der Waals surface area contributed by atoms with Gasteiger partial charge in [0.15, 0.2) is 5.82 Å². The molecular weight excluding hydrogens is 420 g/mol. The number of nitrogens with zero attached hydrogens (tertiary/aromatic N) is 5. The van der Waals surface area contributed by atoms with Crippen LogP contribution in [0.2, 0.25) is 0 Å². The molecule has 1 aromatic carbocycles. The molecule has 6 N–H and O–H groups in total. The van der Waals surface area contributed by atoms with Gasteiger partial charge in [-0.2, -0.15) is 5.10 Å². The van der Waals surface area contributed by atoms with Crippen LogP contribution in [0.5, 0.6) is 5.75 Å². The van der Waals surface area contributed by atoms with E-state index in [4.69, 9.17) is 11.5 Å². The highest BCUT2D eigenvalue weighted by molar-refractivity contribution is 6.03. The minimum atomic E-state index is 0.0702. The molecule has 10 heteroatoms. The van der Waals surface area contributed by atoms with Gasteiger partial charge in [0, 0.05) is 48.9 Å². The Morgan fingerprint density at radius 3 is 2.70 bits per heavy atom. The maximum Gasteiger partial charge on any atom is 0.244 e. The van der Waals surface area contributed by atoms with Crippen molar-refractivity contribution in [2.75, 3.05) is 24.1 Å². The molecule has 4 rings (SSSR count). The number of carbonyl (C=O) groups excluding carboxylic acids is 1. The van der Waals surface area contributed by atoms with Crippen LogP contribution >= 0.6 is 0 Å². The molecule has 10 nitrogen and oxygen atoms in total. The Morgan fingerprint density at radius 2 is 1.97 bits per heavy atom. The largest absolute Gasteiger partial charge is 0.508 e. The van der Waals surface area contributed by atoms with Gasteiger partial charge in [0.05, 0.1) is 11.3 Å². The lowest BCUT2D eigenvalue weighted by atomic mass is 10.1. The molecule has 0 bridgehead atoms. The first-order valence-electron chi connectivity index (χ1n) is 10.8. The van der Waals surface area contributed by atoms with Gasteiger partial charge in [-0.25, -0.2) is 9.98 Å². The Kier molecular flexibility index (Phi) is 6.16. The number of nitrogen functional groups attached to an aromatic ring is 1. The highest BCUT2D eigenvalue weighted by Crippen LogP contribution is 2.31. The van der Waals surface area contributed by atoms with Crippen molar-refractivity contribution in [2.24, 2.45) is 10.7 Å². The van der Waals surface area contributed by atoms with Gasteiger partial charge in [-0.15, -0.1) is 0 Å². The molecule has 3 aromatic rings. The number of aromatic hydroxyl groups is 1. The van der Waals surface area contributed by atoms with Crippen molar-refractivity contribution < 1.29 is 9.90 Å². The van der Waals surface area contributed by atoms with E-state index in [1.807, 2.05) is 11.8 Å². The van der Waals surface area contributed by atoms with Crippen LogP contribution in [0.3, 0.4) is 0 Å². The molecule has 172 valence electrons. The average molecular weight is 449 g/mol. The van der Waals surface area contributed by atoms with Crippen molar-refractivity contribution in [1.29, 1.82) is 0 Å². The van der Waals surface area contributed by atoms with E-state index in [9.17, 15) is 9.90 Å². The second-order valence-electron chi connectivity index (χ2n) is 8.14. The summed E-state index contributed by atoms with van der Waals surface area (Å²) in [5.74, 6) is 1.47. The van der Waals surface area contributed by atoms with E-state index in [0.29, 0.717) is 34.1 Å². The number of anilines is 3. The molecule has 0 aliphatic carbocycles. The van der Waals surface area contributed by atoms with Crippen LogP contribution in [0, 0.1) is 13.8 Å². The number of nitrogens with one attached hydrogen (secondary N) is 1. The molecule has 1 amide bonds. The van der Waals surface area contributed by atoms with Crippen LogP contribution in [0.25, 0.3) is 0 Å². The van der Waals surface area contributed by atoms with Gasteiger partial charge < -0.3 is 26.8 Å². The van der Waals surface area contributed by atoms with Crippen molar-refractivity contribution >= 4 is 34.8 Å². The van der Waals surface area contributed by atoms with E-state index in [0.717, 1.165) is 31.5 Å². The summed E-state index contributed by atoms with van der Waals surface area (Å²) >= 11 is 0. The molecule has 1 aliphatic heterocycles. The van der Waals surface area contributed by atoms with Crippen molar-refractivity contribution in [3.05, 3.63) is 53.3 Å². The Labute approximate surface area is 191 Å². The lowest BCUT2D eigenvalue weighted by molar-refractivity contribution is -0.130. The topological polar surface area (TPSA) is 148 Å². The highest BCUT2D eigenvalue weighted by atomic mass is 16.3. The molecule has 0 spiro atoms. The third-order valence-electron chi connectivity index (χ3n) is 5.70. The molecule has 1 aliphatic rings. The van der Waals surface area contributed by atoms with E-state index >= 15 is 0 Å². The number of pyridine rings is 1. The number of amides is 1. The zero-order valence-electron chi connectivity index (χ0n) is 18.7. The fourth-order valence-corrected chi connectivity index (χ4v) is 3.78. The smallest absolute Gasteiger partial charge is 0.244 e. The molecule has 1 fully saturated rings. The normalized spacial score (nSPS) is 14.0. The van der Waals surface area contributed by atoms with Crippen molar-refractivity contribution in [3.8, 4) is 5.75 Å². The minimum Gasteiger partial charge on any atom is -0.508 e. The summed E-state index contributed by atoms with van der Waals surface area (Å²) in [5.41, 5.74) is 15.4. The maximum atomic E-state index is 12.3. The molecule has 0 saturated carbocycles. The van der Waals surface area contributed by atoms with E-state index in [1.165, 1.54) is 6.20 Å². The third-order valence-corrected chi connectivity index (χ3v) is 5.70. The number of likely N-dealkylation sites (tertiary alicyclic amines) is 1. The first kappa shape index (κ1) is 22.1. The SMILES string of the molecule is Cc1ccc(O)c(C)c1N=C(N)c1cnc(Nc2ccn(CC(=O)N3CCCC3)n2)cc1N. The van der Waals surface area contributed by atoms with E-state index in [2.05, 4.69) is 20.4 Å². The average Bonchev–Trinajstić information content (AvgIpc) is 3.46. The zero-order valence-corrected chi connectivity index (χ0v) is 18.7. The van der Waals surface area contributed by atoms with Crippen LogP contribution < -0.4 is 16.8 Å². The fraction of sp³-hybridized carbons (Fsp3) is 0.304. The summed E-state index contributed by atoms with van der Waals surface area (Å²) in [5, 5.41) is 17.4. The van der Waals surface area contributed by atoms with E-state index in [-0.39, 0.29) is 24.0 Å². The van der Waals surface area contributed by atoms with Gasteiger partial charge in [0.1, 0.15) is 23.9 Å². The second-order valence-corrected chi connectivity index (χ2v) is 8.14. The summed E-state index contributed by atoms with van der Waals surface area (Å²) in [4.78, 5) is 23.0. The zero-order chi connectivity index (χ0) is 23.5. The second kappa shape index (κ2) is 9.19. The molecule has 0 unspecified atom stereocenters. The number of phenols is 1. The van der Waals surface area contributed by atoms with Gasteiger partial charge in [0.25, 0.3) is 0 Å². The Bertz CT molecular complexity index is 1210. The lowest BCUT2D eigenvalue weighted by Crippen LogP contribution is -2.31. The Morgan fingerprint density at radius 1 is 1.21 bits per heavy atom. The van der Waals surface area contributed by atoms with Gasteiger partial charge in [-0.05, 0) is 38.3 Å². The van der Waals surface area contributed by atoms with E-state index in [1.54, 1.807) is 42.1 Å². The summed E-state index contributed by atoms with van der Waals surface area (Å²) < 4.78 is 1.60. The number of aliphatic imine (C=N–C) groups is 1. The summed E-state index contributed by atoms with van der Waals surface area (Å²) in [6.07, 6.45) is 5.41. The van der Waals surface area contributed by atoms with Crippen LogP contribution in [-0.4, -0.2) is 49.6 Å². The first-order valence-corrected chi connectivity index (χ1v) is 10.8. The maximum absolute atomic E-state index is 12.3. The lowest BCUT2D eigenvalue weighted by Gasteiger charge is -2.14. The van der Waals surface area contributed by atoms with Crippen LogP contribution in [0.4, 0.5) is 23.0 Å². The van der Waals surface area contributed by atoms with Crippen LogP contribution in [0.1, 0.15) is 29.5 Å². The number of rotatable bonds is 6. The number of aromatic nitrogens is 3. The number of amidine groups is 1. The van der Waals surface area contributed by atoms with E-state index < -0.39 is 0 Å². The quantitative estimate of drug-likeness (QED) is 0.335. The summed E-state index contributed by atoms with van der Waals surface area (Å²) in [7, 11) is 0. The number of carbonyl (C=O) groups is 1. The molecular formula is C23H28N8O2. The molecule has 2 aromatic heterocycles. The molecule has 3 heterocycles. The molecule has 1 saturated heterocycles. The number of aryl methyl sites for hydroxylation is 1. The molecule has 0 atom stereocenters. The minimum absolute atomic E-state index is 0.0702. The molecule has 33 heavy (non-hydrogen) atoms. The predicted molar refractivity (Wildman–Crippen MR) is 128 cm³/mol. The number of phenolic OH excluding ortho intramolecular Hbond substituents is 1. The molecule has 0 radical (unpaired) electrons. The Balaban J connectivity index is 1.47. The number of nitrogens with two attached hydrogens (primary N) is 2. The summed E-state index contributed by atoms with van der Waals surface area (Å²) in [6.45, 7) is 5.51. The van der Waals surface area contributed by atoms with Crippen LogP contribution in [0.15, 0.2) is 41.7 Å². The highest BCUT2D eigenvalue weighted by Gasteiger charge is 2.18. The fourth-order valence-electron chi connectivity index (χ4n) is 3.78. The Hall–Kier alpha value is -4.08. The number of hydrogen-bond donors (Lipinski definition) is 4. The standard InChI is InChI=1S/C23H28N8O2/c1-14-5-6-18(32)15(2)22(14)28-23(25)16-12-26-20(11-17(16)24)27-19-7-10-31(29-19)13-21(33)30-8-3-4-9-30/h5-7,10-12,32H,3-4,8-9,13H2,1-2H3,(H2,25,28)(H3,24,26,27,29). The first-order chi connectivity index (χ1) is 15.8. The predicted octanol–water partition coefficient (Wildman–Crippen LogP) is 2.59. The van der Waals surface area contributed by atoms with Crippen LogP contribution in [-0.2, 0) is 11.3 Å². The van der Waals surface area contributed by atoms with Crippen molar-refractivity contribution in [1.82, 2.24) is 19.7 Å². The van der Waals surface area contributed by atoms with Gasteiger partial charge in [-0.3, -0.25) is 9.48 Å². The van der Waals surface area contributed by atoms with Gasteiger partial charge in [-0.1, -0.05) is 6.07 Å². The number of hydrogen-bond acceptors (Lipinski definition) is 7. The number of benzene rings is 1. The third kappa shape index (κ3) is 4.89. The van der Waals surface area contributed by atoms with Crippen molar-refractivity contribution in [2.45, 2.75) is 33.2 Å². The van der Waals surface area contributed by atoms with Crippen molar-refractivity contribution in [3.63, 3.8) is 0 Å². The summed E-state index contributed by atoms with van der Waals surface area (Å²) in [6, 6.07) is 6.82. The van der Waals surface area contributed by atoms with Gasteiger partial charge >= 0.3 is 0 Å². The monoisotopic (exact) mass is 448 g/mol. The van der Waals surface area contributed by atoms with Gasteiger partial charge in [0.2, 0.25) is 5.91 Å².